The maximum atomic E-state index is 10.2. The predicted molar refractivity (Wildman–Crippen MR) is 71.3 cm³/mol. The smallest absolute Gasteiger partial charge is 0.293 e. The van der Waals surface area contributed by atoms with Gasteiger partial charge < -0.3 is 9.47 Å². The van der Waals surface area contributed by atoms with Crippen LogP contribution in [0.25, 0.3) is 0 Å². The molecule has 3 rings (SSSR count). The zero-order chi connectivity index (χ0) is 13.1. The van der Waals surface area contributed by atoms with E-state index < -0.39 is 0 Å². The molecule has 2 unspecified atom stereocenters. The second-order valence-electron chi connectivity index (χ2n) is 4.60. The Morgan fingerprint density at radius 1 is 0.947 bits per heavy atom. The first-order valence-electron chi connectivity index (χ1n) is 6.29. The van der Waals surface area contributed by atoms with Gasteiger partial charge in [-0.05, 0) is 36.2 Å². The van der Waals surface area contributed by atoms with Gasteiger partial charge in [0.25, 0.3) is 6.47 Å². The third-order valence-electron chi connectivity index (χ3n) is 3.25. The van der Waals surface area contributed by atoms with Crippen LogP contribution < -0.4 is 4.74 Å². The van der Waals surface area contributed by atoms with Crippen molar-refractivity contribution in [1.82, 2.24) is 0 Å². The fraction of sp³-hybridized carbons (Fsp3) is 0.188. The van der Waals surface area contributed by atoms with Gasteiger partial charge in [-0.15, -0.1) is 0 Å². The molecule has 0 aliphatic heterocycles. The summed E-state index contributed by atoms with van der Waals surface area (Å²) in [5, 5.41) is 0. The first kappa shape index (κ1) is 11.8. The van der Waals surface area contributed by atoms with Crippen LogP contribution >= 0.6 is 0 Å². The molecule has 0 N–H and O–H groups in total. The fourth-order valence-corrected chi connectivity index (χ4v) is 2.15. The van der Waals surface area contributed by atoms with Crippen molar-refractivity contribution in [3.8, 4) is 11.5 Å². The van der Waals surface area contributed by atoms with Crippen molar-refractivity contribution in [3.63, 3.8) is 0 Å². The number of carbonyl (C=O) groups is 1. The van der Waals surface area contributed by atoms with E-state index in [-0.39, 0.29) is 6.10 Å². The Morgan fingerprint density at radius 2 is 1.63 bits per heavy atom. The molecular formula is C16H14O3. The van der Waals surface area contributed by atoms with Gasteiger partial charge in [0, 0.05) is 5.92 Å². The van der Waals surface area contributed by atoms with Gasteiger partial charge in [0.1, 0.15) is 17.6 Å². The summed E-state index contributed by atoms with van der Waals surface area (Å²) in [5.74, 6) is 1.98. The van der Waals surface area contributed by atoms with E-state index in [0.717, 1.165) is 17.9 Å². The Balaban J connectivity index is 1.65. The number of para-hydroxylation sites is 1. The highest BCUT2D eigenvalue weighted by molar-refractivity contribution is 5.41. The molecule has 2 aromatic rings. The lowest BCUT2D eigenvalue weighted by atomic mass is 10.1. The first-order valence-corrected chi connectivity index (χ1v) is 6.29. The van der Waals surface area contributed by atoms with Crippen LogP contribution in [0, 0.1) is 0 Å². The molecule has 0 heterocycles. The molecule has 1 saturated carbocycles. The highest BCUT2D eigenvalue weighted by Crippen LogP contribution is 2.43. The van der Waals surface area contributed by atoms with Crippen LogP contribution in [0.3, 0.4) is 0 Å². The van der Waals surface area contributed by atoms with E-state index in [4.69, 9.17) is 9.47 Å². The Morgan fingerprint density at radius 3 is 2.32 bits per heavy atom. The van der Waals surface area contributed by atoms with E-state index in [0.29, 0.717) is 12.4 Å². The van der Waals surface area contributed by atoms with Gasteiger partial charge in [-0.3, -0.25) is 4.79 Å². The first-order chi connectivity index (χ1) is 9.36. The van der Waals surface area contributed by atoms with Crippen LogP contribution in [0.1, 0.15) is 17.9 Å². The molecule has 2 aromatic carbocycles. The Kier molecular flexibility index (Phi) is 3.19. The average molecular weight is 254 g/mol. The van der Waals surface area contributed by atoms with E-state index >= 15 is 0 Å². The monoisotopic (exact) mass is 254 g/mol. The zero-order valence-electron chi connectivity index (χ0n) is 10.4. The number of hydrogen-bond donors (Lipinski definition) is 0. The van der Waals surface area contributed by atoms with Crippen LogP contribution in [0.15, 0.2) is 54.6 Å². The average Bonchev–Trinajstić information content (AvgIpc) is 3.21. The highest BCUT2D eigenvalue weighted by Gasteiger charge is 2.40. The molecule has 1 aliphatic rings. The molecule has 0 saturated heterocycles. The second kappa shape index (κ2) is 5.14. The maximum Gasteiger partial charge on any atom is 0.293 e. The molecule has 1 aliphatic carbocycles. The van der Waals surface area contributed by atoms with Gasteiger partial charge in [-0.1, -0.05) is 30.3 Å². The lowest BCUT2D eigenvalue weighted by molar-refractivity contribution is -0.129. The summed E-state index contributed by atoms with van der Waals surface area (Å²) >= 11 is 0. The van der Waals surface area contributed by atoms with Gasteiger partial charge in [0.05, 0.1) is 0 Å². The lowest BCUT2D eigenvalue weighted by Crippen LogP contribution is -1.93. The number of rotatable bonds is 5. The van der Waals surface area contributed by atoms with Crippen molar-refractivity contribution < 1.29 is 14.3 Å². The van der Waals surface area contributed by atoms with E-state index in [1.807, 2.05) is 54.6 Å². The maximum absolute atomic E-state index is 10.2. The molecular weight excluding hydrogens is 240 g/mol. The summed E-state index contributed by atoms with van der Waals surface area (Å²) in [6, 6.07) is 17.6. The second-order valence-corrected chi connectivity index (χ2v) is 4.60. The van der Waals surface area contributed by atoms with Gasteiger partial charge in [0.15, 0.2) is 0 Å². The minimum Gasteiger partial charge on any atom is -0.464 e. The van der Waals surface area contributed by atoms with Crippen molar-refractivity contribution in [1.29, 1.82) is 0 Å². The summed E-state index contributed by atoms with van der Waals surface area (Å²) in [4.78, 5) is 10.2. The van der Waals surface area contributed by atoms with Crippen molar-refractivity contribution in [2.75, 3.05) is 0 Å². The molecule has 19 heavy (non-hydrogen) atoms. The van der Waals surface area contributed by atoms with E-state index in [1.54, 1.807) is 0 Å². The van der Waals surface area contributed by atoms with Crippen molar-refractivity contribution in [2.24, 2.45) is 0 Å². The Labute approximate surface area is 111 Å². The van der Waals surface area contributed by atoms with Crippen molar-refractivity contribution in [3.05, 3.63) is 60.2 Å². The lowest BCUT2D eigenvalue weighted by Gasteiger charge is -2.06. The molecule has 0 aromatic heterocycles. The highest BCUT2D eigenvalue weighted by atomic mass is 16.5. The molecule has 1 fully saturated rings. The Hall–Kier alpha value is -2.29. The zero-order valence-corrected chi connectivity index (χ0v) is 10.4. The molecule has 96 valence electrons. The topological polar surface area (TPSA) is 35.5 Å². The number of benzene rings is 2. The fourth-order valence-electron chi connectivity index (χ4n) is 2.15. The third-order valence-corrected chi connectivity index (χ3v) is 3.25. The molecule has 0 amide bonds. The van der Waals surface area contributed by atoms with E-state index in [2.05, 4.69) is 0 Å². The molecule has 0 radical (unpaired) electrons. The molecule has 3 nitrogen and oxygen atoms in total. The summed E-state index contributed by atoms with van der Waals surface area (Å²) in [6.07, 6.45) is 0.968. The third kappa shape index (κ3) is 2.76. The number of carbonyl (C=O) groups excluding carboxylic acids is 1. The molecule has 0 spiro atoms. The summed E-state index contributed by atoms with van der Waals surface area (Å²) in [6.45, 7) is 0.525. The van der Waals surface area contributed by atoms with Crippen LogP contribution in [0.2, 0.25) is 0 Å². The van der Waals surface area contributed by atoms with E-state index in [9.17, 15) is 4.79 Å². The number of ether oxygens (including phenoxy) is 2. The SMILES string of the molecule is O=COC1CC1c1ccc(Oc2ccccc2)cc1. The minimum atomic E-state index is 0.0541. The Bertz CT molecular complexity index is 548. The van der Waals surface area contributed by atoms with Crippen LogP contribution in [-0.2, 0) is 9.53 Å². The van der Waals surface area contributed by atoms with Crippen LogP contribution in [-0.4, -0.2) is 12.6 Å². The molecule has 0 bridgehead atoms. The number of hydrogen-bond acceptors (Lipinski definition) is 3. The van der Waals surface area contributed by atoms with Gasteiger partial charge in [-0.2, -0.15) is 0 Å². The van der Waals surface area contributed by atoms with Crippen molar-refractivity contribution >= 4 is 6.47 Å². The normalized spacial score (nSPS) is 20.6. The standard InChI is InChI=1S/C16H14O3/c17-11-18-16-10-15(16)12-6-8-14(9-7-12)19-13-4-2-1-3-5-13/h1-9,11,15-16H,10H2. The van der Waals surface area contributed by atoms with Gasteiger partial charge >= 0.3 is 0 Å². The van der Waals surface area contributed by atoms with Crippen LogP contribution in [0.4, 0.5) is 0 Å². The predicted octanol–water partition coefficient (Wildman–Crippen LogP) is 3.51. The van der Waals surface area contributed by atoms with Gasteiger partial charge in [-0.25, -0.2) is 0 Å². The van der Waals surface area contributed by atoms with Crippen molar-refractivity contribution in [2.45, 2.75) is 18.4 Å². The van der Waals surface area contributed by atoms with Gasteiger partial charge in [0.2, 0.25) is 0 Å². The summed E-state index contributed by atoms with van der Waals surface area (Å²) in [7, 11) is 0. The molecule has 3 heteroatoms. The van der Waals surface area contributed by atoms with E-state index in [1.165, 1.54) is 5.56 Å². The largest absolute Gasteiger partial charge is 0.464 e. The molecule has 2 atom stereocenters. The van der Waals surface area contributed by atoms with Crippen LogP contribution in [0.5, 0.6) is 11.5 Å². The summed E-state index contributed by atoms with van der Waals surface area (Å²) < 4.78 is 10.7. The quantitative estimate of drug-likeness (QED) is 0.766. The summed E-state index contributed by atoms with van der Waals surface area (Å²) in [5.41, 5.74) is 1.19. The minimum absolute atomic E-state index is 0.0541.